The Morgan fingerprint density at radius 2 is 0.833 bits per heavy atom. The van der Waals surface area contributed by atoms with Crippen LogP contribution < -0.4 is 0 Å². The molecule has 0 aliphatic carbocycles. The molecule has 74 valence electrons. The first kappa shape index (κ1) is 11.7. The van der Waals surface area contributed by atoms with Gasteiger partial charge in [-0.1, -0.05) is 27.7 Å². The Labute approximate surface area is 70.0 Å². The summed E-state index contributed by atoms with van der Waals surface area (Å²) in [4.78, 5) is 0. The fourth-order valence-electron chi connectivity index (χ4n) is 0.770. The Morgan fingerprint density at radius 1 is 0.667 bits per heavy atom. The maximum Gasteiger partial charge on any atom is 0.312 e. The van der Waals surface area contributed by atoms with E-state index in [2.05, 4.69) is 0 Å². The van der Waals surface area contributed by atoms with Crippen LogP contribution in [0.3, 0.4) is 0 Å². The minimum Gasteiger partial charge on any atom is -0.200 e. The van der Waals surface area contributed by atoms with Crippen molar-refractivity contribution in [2.45, 2.75) is 39.5 Å². The zero-order valence-corrected chi connectivity index (χ0v) is 7.67. The van der Waals surface area contributed by atoms with Gasteiger partial charge in [0.05, 0.1) is 0 Å². The maximum atomic E-state index is 12.8. The smallest absolute Gasteiger partial charge is 0.200 e. The summed E-state index contributed by atoms with van der Waals surface area (Å²) in [5.41, 5.74) is 0. The van der Waals surface area contributed by atoms with Crippen molar-refractivity contribution in [2.75, 3.05) is 0 Å². The molecule has 0 aromatic heterocycles. The molecule has 0 atom stereocenters. The molecule has 0 radical (unpaired) electrons. The second-order valence-corrected chi connectivity index (χ2v) is 3.56. The summed E-state index contributed by atoms with van der Waals surface area (Å²) in [6, 6.07) is 0. The van der Waals surface area contributed by atoms with Crippen LogP contribution >= 0.6 is 0 Å². The van der Waals surface area contributed by atoms with Crippen molar-refractivity contribution in [3.63, 3.8) is 0 Å². The van der Waals surface area contributed by atoms with Crippen molar-refractivity contribution >= 4 is 0 Å². The van der Waals surface area contributed by atoms with Gasteiger partial charge in [0.15, 0.2) is 0 Å². The van der Waals surface area contributed by atoms with Crippen LogP contribution in [-0.4, -0.2) is 11.8 Å². The SMILES string of the molecule is CC(C)C(F)(F)C(F)(F)C(C)C. The molecule has 0 fully saturated rings. The largest absolute Gasteiger partial charge is 0.312 e. The predicted molar refractivity (Wildman–Crippen MR) is 39.6 cm³/mol. The first-order valence-corrected chi connectivity index (χ1v) is 3.89. The third-order valence-corrected chi connectivity index (χ3v) is 1.89. The molecule has 12 heavy (non-hydrogen) atoms. The number of hydrogen-bond acceptors (Lipinski definition) is 0. The van der Waals surface area contributed by atoms with Crippen molar-refractivity contribution in [1.82, 2.24) is 0 Å². The van der Waals surface area contributed by atoms with E-state index in [0.29, 0.717) is 0 Å². The summed E-state index contributed by atoms with van der Waals surface area (Å²) in [5, 5.41) is 0. The quantitative estimate of drug-likeness (QED) is 0.591. The van der Waals surface area contributed by atoms with Crippen LogP contribution in [0.5, 0.6) is 0 Å². The summed E-state index contributed by atoms with van der Waals surface area (Å²) >= 11 is 0. The molecule has 0 amide bonds. The highest BCUT2D eigenvalue weighted by atomic mass is 19.3. The first-order valence-electron chi connectivity index (χ1n) is 3.89. The van der Waals surface area contributed by atoms with Gasteiger partial charge in [-0.05, 0) is 0 Å². The first-order chi connectivity index (χ1) is 5.14. The lowest BCUT2D eigenvalue weighted by molar-refractivity contribution is -0.250. The van der Waals surface area contributed by atoms with Crippen molar-refractivity contribution < 1.29 is 17.6 Å². The van der Waals surface area contributed by atoms with Crippen molar-refractivity contribution in [2.24, 2.45) is 11.8 Å². The molecule has 0 heterocycles. The van der Waals surface area contributed by atoms with Crippen molar-refractivity contribution in [1.29, 1.82) is 0 Å². The Bertz CT molecular complexity index is 131. The number of alkyl halides is 4. The van der Waals surface area contributed by atoms with Gasteiger partial charge in [0.2, 0.25) is 0 Å². The van der Waals surface area contributed by atoms with E-state index in [4.69, 9.17) is 0 Å². The van der Waals surface area contributed by atoms with Crippen LogP contribution in [0.2, 0.25) is 0 Å². The van der Waals surface area contributed by atoms with Crippen molar-refractivity contribution in [3.05, 3.63) is 0 Å². The van der Waals surface area contributed by atoms with Crippen LogP contribution in [0.1, 0.15) is 27.7 Å². The Balaban J connectivity index is 4.75. The lowest BCUT2D eigenvalue weighted by Crippen LogP contribution is -2.48. The molecule has 0 aliphatic rings. The van der Waals surface area contributed by atoms with Gasteiger partial charge in [-0.3, -0.25) is 0 Å². The molecule has 0 bridgehead atoms. The Hall–Kier alpha value is -0.280. The highest BCUT2D eigenvalue weighted by Gasteiger charge is 2.59. The zero-order chi connectivity index (χ0) is 10.2. The van der Waals surface area contributed by atoms with Crippen LogP contribution in [0.15, 0.2) is 0 Å². The molecule has 4 heteroatoms. The lowest BCUT2D eigenvalue weighted by Gasteiger charge is -2.32. The number of rotatable bonds is 3. The van der Waals surface area contributed by atoms with Gasteiger partial charge < -0.3 is 0 Å². The third kappa shape index (κ3) is 1.72. The zero-order valence-electron chi connectivity index (χ0n) is 7.67. The molecule has 0 nitrogen and oxygen atoms in total. The molecule has 0 spiro atoms. The molecule has 0 rings (SSSR count). The summed E-state index contributed by atoms with van der Waals surface area (Å²) < 4.78 is 51.3. The minimum atomic E-state index is -3.92. The van der Waals surface area contributed by atoms with Crippen LogP contribution in [0.25, 0.3) is 0 Å². The summed E-state index contributed by atoms with van der Waals surface area (Å²) in [6.07, 6.45) is 0. The van der Waals surface area contributed by atoms with Gasteiger partial charge in [0.25, 0.3) is 0 Å². The van der Waals surface area contributed by atoms with E-state index >= 15 is 0 Å². The van der Waals surface area contributed by atoms with E-state index in [1.165, 1.54) is 0 Å². The van der Waals surface area contributed by atoms with Gasteiger partial charge in [-0.2, -0.15) is 17.6 Å². The van der Waals surface area contributed by atoms with Crippen molar-refractivity contribution in [3.8, 4) is 0 Å². The van der Waals surface area contributed by atoms with E-state index in [-0.39, 0.29) is 0 Å². The fraction of sp³-hybridized carbons (Fsp3) is 1.00. The average molecular weight is 186 g/mol. The molecule has 0 saturated heterocycles. The standard InChI is InChI=1S/C8H14F4/c1-5(2)7(9,10)8(11,12)6(3)4/h5-6H,1-4H3. The van der Waals surface area contributed by atoms with Gasteiger partial charge in [-0.15, -0.1) is 0 Å². The number of hydrogen-bond donors (Lipinski definition) is 0. The third-order valence-electron chi connectivity index (χ3n) is 1.89. The molecule has 0 aromatic carbocycles. The normalized spacial score (nSPS) is 14.5. The lowest BCUT2D eigenvalue weighted by atomic mass is 9.92. The summed E-state index contributed by atoms with van der Waals surface area (Å²) in [5.74, 6) is -10.5. The van der Waals surface area contributed by atoms with E-state index in [0.717, 1.165) is 27.7 Å². The topological polar surface area (TPSA) is 0 Å². The highest BCUT2D eigenvalue weighted by Crippen LogP contribution is 2.44. The van der Waals surface area contributed by atoms with Crippen LogP contribution in [0, 0.1) is 11.8 Å². The van der Waals surface area contributed by atoms with Gasteiger partial charge in [0.1, 0.15) is 0 Å². The van der Waals surface area contributed by atoms with E-state index in [1.54, 1.807) is 0 Å². The predicted octanol–water partition coefficient (Wildman–Crippen LogP) is 3.57. The van der Waals surface area contributed by atoms with E-state index in [9.17, 15) is 17.6 Å². The van der Waals surface area contributed by atoms with Gasteiger partial charge in [-0.25, -0.2) is 0 Å². The molecule has 0 aromatic rings. The van der Waals surface area contributed by atoms with Crippen LogP contribution in [-0.2, 0) is 0 Å². The minimum absolute atomic E-state index is 1.09. The molecule has 0 unspecified atom stereocenters. The molecule has 0 saturated carbocycles. The van der Waals surface area contributed by atoms with E-state index < -0.39 is 23.7 Å². The number of halogens is 4. The summed E-state index contributed by atoms with van der Waals surface area (Å²) in [7, 11) is 0. The second-order valence-electron chi connectivity index (χ2n) is 3.56. The van der Waals surface area contributed by atoms with Gasteiger partial charge in [0, 0.05) is 11.8 Å². The fourth-order valence-corrected chi connectivity index (χ4v) is 0.770. The summed E-state index contributed by atoms with van der Waals surface area (Å²) in [6.45, 7) is 4.37. The Morgan fingerprint density at radius 3 is 0.917 bits per heavy atom. The molecule has 0 N–H and O–H groups in total. The monoisotopic (exact) mass is 186 g/mol. The molecular formula is C8H14F4. The highest BCUT2D eigenvalue weighted by molar-refractivity contribution is 4.89. The maximum absolute atomic E-state index is 12.8. The van der Waals surface area contributed by atoms with Crippen LogP contribution in [0.4, 0.5) is 17.6 Å². The molecule has 0 aliphatic heterocycles. The molecular weight excluding hydrogens is 172 g/mol. The average Bonchev–Trinajstić information content (AvgIpc) is 1.86. The van der Waals surface area contributed by atoms with E-state index in [1.807, 2.05) is 0 Å². The second kappa shape index (κ2) is 3.23. The Kier molecular flexibility index (Phi) is 3.15. The van der Waals surface area contributed by atoms with Gasteiger partial charge >= 0.3 is 11.8 Å².